The van der Waals surface area contributed by atoms with Crippen molar-refractivity contribution >= 4 is 11.7 Å². The number of hydrogen-bond acceptors (Lipinski definition) is 2. The summed E-state index contributed by atoms with van der Waals surface area (Å²) in [6.07, 6.45) is 2.07. The van der Waals surface area contributed by atoms with Crippen LogP contribution in [0.15, 0.2) is 85.1 Å². The second kappa shape index (κ2) is 8.51. The fourth-order valence-corrected chi connectivity index (χ4v) is 4.55. The van der Waals surface area contributed by atoms with Crippen molar-refractivity contribution in [3.63, 3.8) is 0 Å². The number of para-hydroxylation sites is 1. The monoisotopic (exact) mass is 437 g/mol. The van der Waals surface area contributed by atoms with E-state index in [9.17, 15) is 4.79 Å². The highest BCUT2D eigenvalue weighted by molar-refractivity contribution is 5.91. The van der Waals surface area contributed by atoms with Crippen LogP contribution in [0.25, 0.3) is 5.69 Å². The van der Waals surface area contributed by atoms with Gasteiger partial charge in [-0.1, -0.05) is 42.5 Å². The summed E-state index contributed by atoms with van der Waals surface area (Å²) in [4.78, 5) is 15.7. The third-order valence-electron chi connectivity index (χ3n) is 6.50. The topological polar surface area (TPSA) is 46.5 Å². The van der Waals surface area contributed by atoms with Gasteiger partial charge in [0, 0.05) is 17.6 Å². The average Bonchev–Trinajstić information content (AvgIpc) is 3.26. The molecule has 0 fully saturated rings. The summed E-state index contributed by atoms with van der Waals surface area (Å²) >= 11 is 0. The van der Waals surface area contributed by atoms with Crippen LogP contribution in [-0.2, 0) is 6.54 Å². The fraction of sp³-hybridized carbons (Fsp3) is 0.179. The van der Waals surface area contributed by atoms with Crippen LogP contribution in [0.1, 0.15) is 34.0 Å². The number of ether oxygens (including phenoxy) is 1. The molecule has 0 unspecified atom stereocenters. The number of benzene rings is 3. The Balaban J connectivity index is 1.63. The van der Waals surface area contributed by atoms with Gasteiger partial charge in [-0.15, -0.1) is 0 Å². The molecule has 0 spiro atoms. The Bertz CT molecular complexity index is 1310. The first kappa shape index (κ1) is 20.9. The Kier molecular flexibility index (Phi) is 5.38. The van der Waals surface area contributed by atoms with Gasteiger partial charge in [-0.3, -0.25) is 0 Å². The molecule has 3 aromatic carbocycles. The molecule has 33 heavy (non-hydrogen) atoms. The molecular formula is C28H27N3O2. The first-order valence-electron chi connectivity index (χ1n) is 11.1. The number of hydrogen-bond donors (Lipinski definition) is 1. The number of methoxy groups -OCH3 is 1. The van der Waals surface area contributed by atoms with E-state index in [-0.39, 0.29) is 12.1 Å². The lowest BCUT2D eigenvalue weighted by Crippen LogP contribution is -2.38. The van der Waals surface area contributed by atoms with Gasteiger partial charge >= 0.3 is 6.03 Å². The van der Waals surface area contributed by atoms with E-state index in [0.717, 1.165) is 45.1 Å². The van der Waals surface area contributed by atoms with Crippen LogP contribution in [0.4, 0.5) is 10.5 Å². The van der Waals surface area contributed by atoms with Gasteiger partial charge in [-0.2, -0.15) is 0 Å². The summed E-state index contributed by atoms with van der Waals surface area (Å²) in [6.45, 7) is 4.58. The number of carbonyl (C=O) groups is 1. The summed E-state index contributed by atoms with van der Waals surface area (Å²) in [5, 5.41) is 3.18. The van der Waals surface area contributed by atoms with E-state index in [1.807, 2.05) is 66.4 Å². The molecule has 0 bridgehead atoms. The molecule has 5 rings (SSSR count). The zero-order chi connectivity index (χ0) is 22.9. The van der Waals surface area contributed by atoms with Gasteiger partial charge in [0.15, 0.2) is 0 Å². The molecule has 1 aromatic heterocycles. The molecule has 4 aromatic rings. The van der Waals surface area contributed by atoms with Gasteiger partial charge < -0.3 is 19.5 Å². The SMILES string of the molecule is COc1ccc([C@H]2c3cccn3-c3ccccc3CN2C(=O)Nc2cccc(C)c2C)cc1. The Morgan fingerprint density at radius 2 is 1.73 bits per heavy atom. The summed E-state index contributed by atoms with van der Waals surface area (Å²) in [5.41, 5.74) is 7.32. The lowest BCUT2D eigenvalue weighted by molar-refractivity contribution is 0.194. The van der Waals surface area contributed by atoms with Crippen LogP contribution in [0.3, 0.4) is 0 Å². The van der Waals surface area contributed by atoms with Gasteiger partial charge in [-0.25, -0.2) is 4.79 Å². The fourth-order valence-electron chi connectivity index (χ4n) is 4.55. The van der Waals surface area contributed by atoms with Crippen molar-refractivity contribution in [2.24, 2.45) is 0 Å². The van der Waals surface area contributed by atoms with Crippen LogP contribution in [-0.4, -0.2) is 22.6 Å². The van der Waals surface area contributed by atoms with Crippen molar-refractivity contribution in [1.82, 2.24) is 9.47 Å². The number of anilines is 1. The molecule has 0 saturated carbocycles. The molecule has 5 nitrogen and oxygen atoms in total. The van der Waals surface area contributed by atoms with Crippen molar-refractivity contribution in [3.8, 4) is 11.4 Å². The molecule has 1 atom stereocenters. The first-order valence-corrected chi connectivity index (χ1v) is 11.1. The van der Waals surface area contributed by atoms with E-state index >= 15 is 0 Å². The molecule has 0 aliphatic carbocycles. The predicted octanol–water partition coefficient (Wildman–Crippen LogP) is 6.24. The molecule has 1 aliphatic rings. The Morgan fingerprint density at radius 1 is 0.939 bits per heavy atom. The summed E-state index contributed by atoms with van der Waals surface area (Å²) in [5.74, 6) is 0.789. The van der Waals surface area contributed by atoms with Crippen molar-refractivity contribution in [3.05, 3.63) is 113 Å². The minimum absolute atomic E-state index is 0.131. The predicted molar refractivity (Wildman–Crippen MR) is 131 cm³/mol. The van der Waals surface area contributed by atoms with E-state index in [2.05, 4.69) is 47.3 Å². The largest absolute Gasteiger partial charge is 0.497 e. The molecule has 1 aliphatic heterocycles. The minimum Gasteiger partial charge on any atom is -0.497 e. The molecule has 5 heteroatoms. The highest BCUT2D eigenvalue weighted by Crippen LogP contribution is 2.37. The zero-order valence-electron chi connectivity index (χ0n) is 19.1. The maximum atomic E-state index is 13.8. The lowest BCUT2D eigenvalue weighted by atomic mass is 10.0. The number of amides is 2. The maximum absolute atomic E-state index is 13.8. The van der Waals surface area contributed by atoms with Crippen LogP contribution >= 0.6 is 0 Å². The van der Waals surface area contributed by atoms with Crippen molar-refractivity contribution in [2.45, 2.75) is 26.4 Å². The van der Waals surface area contributed by atoms with Crippen LogP contribution in [0, 0.1) is 13.8 Å². The van der Waals surface area contributed by atoms with E-state index in [0.29, 0.717) is 6.54 Å². The number of urea groups is 1. The number of carbonyl (C=O) groups excluding carboxylic acids is 1. The average molecular weight is 438 g/mol. The van der Waals surface area contributed by atoms with Gasteiger partial charge in [0.2, 0.25) is 0 Å². The van der Waals surface area contributed by atoms with Gasteiger partial charge in [0.25, 0.3) is 0 Å². The normalized spacial score (nSPS) is 14.8. The highest BCUT2D eigenvalue weighted by atomic mass is 16.5. The molecule has 1 N–H and O–H groups in total. The summed E-state index contributed by atoms with van der Waals surface area (Å²) in [7, 11) is 1.66. The minimum atomic E-state index is -0.261. The number of rotatable bonds is 3. The van der Waals surface area contributed by atoms with Gasteiger partial charge in [0.1, 0.15) is 5.75 Å². The Morgan fingerprint density at radius 3 is 2.52 bits per heavy atom. The van der Waals surface area contributed by atoms with Crippen LogP contribution < -0.4 is 10.1 Å². The van der Waals surface area contributed by atoms with E-state index in [1.165, 1.54) is 0 Å². The molecule has 0 saturated heterocycles. The molecule has 0 radical (unpaired) electrons. The number of nitrogens with one attached hydrogen (secondary N) is 1. The third kappa shape index (κ3) is 3.76. The Labute approximate surface area is 194 Å². The maximum Gasteiger partial charge on any atom is 0.322 e. The smallest absolute Gasteiger partial charge is 0.322 e. The van der Waals surface area contributed by atoms with Crippen LogP contribution in [0.5, 0.6) is 5.75 Å². The number of nitrogens with zero attached hydrogens (tertiary/aromatic N) is 2. The quantitative estimate of drug-likeness (QED) is 0.412. The van der Waals surface area contributed by atoms with Crippen molar-refractivity contribution in [2.75, 3.05) is 12.4 Å². The molecular weight excluding hydrogens is 410 g/mol. The van der Waals surface area contributed by atoms with Gasteiger partial charge in [-0.05, 0) is 72.5 Å². The second-order valence-corrected chi connectivity index (χ2v) is 8.41. The van der Waals surface area contributed by atoms with E-state index < -0.39 is 0 Å². The third-order valence-corrected chi connectivity index (χ3v) is 6.50. The standard InChI is InChI=1S/C28H27N3O2/c1-19-8-6-10-24(20(19)2)29-28(32)31-18-22-9-4-5-11-25(22)30-17-7-12-26(30)27(31)21-13-15-23(33-3)16-14-21/h4-17,27H,18H2,1-3H3,(H,29,32)/t27-/m0/s1. The van der Waals surface area contributed by atoms with Gasteiger partial charge in [0.05, 0.1) is 25.4 Å². The molecule has 166 valence electrons. The number of aromatic nitrogens is 1. The van der Waals surface area contributed by atoms with E-state index in [1.54, 1.807) is 7.11 Å². The highest BCUT2D eigenvalue weighted by Gasteiger charge is 2.33. The number of fused-ring (bicyclic) bond motifs is 3. The van der Waals surface area contributed by atoms with E-state index in [4.69, 9.17) is 4.74 Å². The van der Waals surface area contributed by atoms with Crippen molar-refractivity contribution in [1.29, 1.82) is 0 Å². The number of aryl methyl sites for hydroxylation is 1. The Hall–Kier alpha value is -3.99. The lowest BCUT2D eigenvalue weighted by Gasteiger charge is -2.31. The summed E-state index contributed by atoms with van der Waals surface area (Å²) < 4.78 is 7.56. The van der Waals surface area contributed by atoms with Crippen molar-refractivity contribution < 1.29 is 9.53 Å². The molecule has 2 amide bonds. The van der Waals surface area contributed by atoms with Crippen LogP contribution in [0.2, 0.25) is 0 Å². The zero-order valence-corrected chi connectivity index (χ0v) is 19.1. The molecule has 2 heterocycles. The summed E-state index contributed by atoms with van der Waals surface area (Å²) in [6, 6.07) is 25.9. The second-order valence-electron chi connectivity index (χ2n) is 8.41. The first-order chi connectivity index (χ1) is 16.1.